The van der Waals surface area contributed by atoms with Gasteiger partial charge in [-0.2, -0.15) is 0 Å². The van der Waals surface area contributed by atoms with Gasteiger partial charge >= 0.3 is 0 Å². The van der Waals surface area contributed by atoms with Gasteiger partial charge in [-0.05, 0) is 44.4 Å². The summed E-state index contributed by atoms with van der Waals surface area (Å²) in [5.74, 6) is 0. The first-order valence-electron chi connectivity index (χ1n) is 4.80. The highest BCUT2D eigenvalue weighted by Crippen LogP contribution is 2.28. The van der Waals surface area contributed by atoms with Crippen LogP contribution in [-0.2, 0) is 0 Å². The molecule has 0 aliphatic rings. The summed E-state index contributed by atoms with van der Waals surface area (Å²) in [5.41, 5.74) is 1.88. The third-order valence-electron chi connectivity index (χ3n) is 2.61. The molecule has 2 N–H and O–H groups in total. The van der Waals surface area contributed by atoms with Crippen molar-refractivity contribution in [3.8, 4) is 0 Å². The van der Waals surface area contributed by atoms with Crippen molar-refractivity contribution in [3.63, 3.8) is 0 Å². The van der Waals surface area contributed by atoms with Crippen LogP contribution in [-0.4, -0.2) is 15.8 Å². The predicted octanol–water partition coefficient (Wildman–Crippen LogP) is 2.11. The molecule has 2 heteroatoms. The number of aliphatic hydroxyl groups is 2. The number of rotatable bonds is 2. The Hall–Kier alpha value is -0.860. The number of benzene rings is 1. The van der Waals surface area contributed by atoms with Gasteiger partial charge < -0.3 is 10.2 Å². The molecular weight excluding hydrogens is 176 g/mol. The normalized spacial score (nSPS) is 14.1. The molecule has 0 aliphatic carbocycles. The lowest BCUT2D eigenvalue weighted by atomic mass is 9.90. The third kappa shape index (κ3) is 2.14. The quantitative estimate of drug-likeness (QED) is 0.757. The van der Waals surface area contributed by atoms with Crippen molar-refractivity contribution < 1.29 is 10.2 Å². The van der Waals surface area contributed by atoms with Crippen LogP contribution in [0.4, 0.5) is 0 Å². The molecule has 1 rings (SSSR count). The van der Waals surface area contributed by atoms with E-state index in [4.69, 9.17) is 0 Å². The Morgan fingerprint density at radius 3 is 2.29 bits per heavy atom. The highest BCUT2D eigenvalue weighted by molar-refractivity contribution is 5.35. The summed E-state index contributed by atoms with van der Waals surface area (Å²) < 4.78 is 0. The van der Waals surface area contributed by atoms with E-state index >= 15 is 0 Å². The fraction of sp³-hybridized carbons (Fsp3) is 0.500. The highest BCUT2D eigenvalue weighted by Gasteiger charge is 2.27. The van der Waals surface area contributed by atoms with E-state index in [1.807, 2.05) is 32.0 Å². The second-order valence-electron chi connectivity index (χ2n) is 4.35. The summed E-state index contributed by atoms with van der Waals surface area (Å²) in [4.78, 5) is 0. The molecule has 1 aromatic carbocycles. The molecule has 0 aromatic heterocycles. The van der Waals surface area contributed by atoms with E-state index in [9.17, 15) is 10.2 Å². The van der Waals surface area contributed by atoms with Crippen LogP contribution in [0.2, 0.25) is 0 Å². The van der Waals surface area contributed by atoms with E-state index in [0.29, 0.717) is 0 Å². The molecular formula is C12H18O2. The summed E-state index contributed by atoms with van der Waals surface area (Å²) in [6.07, 6.45) is -0.831. The molecule has 0 saturated heterocycles. The maximum absolute atomic E-state index is 9.91. The standard InChI is InChI=1S/C12H18O2/c1-8-6-5-7-10(9(8)2)11(13)12(3,4)14/h5-7,11,13-14H,1-4H3. The Morgan fingerprint density at radius 1 is 1.21 bits per heavy atom. The molecule has 0 aliphatic heterocycles. The van der Waals surface area contributed by atoms with Crippen LogP contribution in [0.25, 0.3) is 0 Å². The first kappa shape index (κ1) is 11.2. The predicted molar refractivity (Wildman–Crippen MR) is 57.2 cm³/mol. The second-order valence-corrected chi connectivity index (χ2v) is 4.35. The molecule has 0 bridgehead atoms. The van der Waals surface area contributed by atoms with Crippen LogP contribution < -0.4 is 0 Å². The Balaban J connectivity index is 3.14. The zero-order chi connectivity index (χ0) is 10.9. The van der Waals surface area contributed by atoms with E-state index < -0.39 is 11.7 Å². The van der Waals surface area contributed by atoms with Crippen molar-refractivity contribution in [1.82, 2.24) is 0 Å². The van der Waals surface area contributed by atoms with Gasteiger partial charge in [-0.1, -0.05) is 18.2 Å². The monoisotopic (exact) mass is 194 g/mol. The minimum absolute atomic E-state index is 0.803. The van der Waals surface area contributed by atoms with Gasteiger partial charge in [0.15, 0.2) is 0 Å². The molecule has 1 unspecified atom stereocenters. The fourth-order valence-electron chi connectivity index (χ4n) is 1.45. The lowest BCUT2D eigenvalue weighted by Crippen LogP contribution is -2.29. The van der Waals surface area contributed by atoms with Gasteiger partial charge in [-0.15, -0.1) is 0 Å². The lowest BCUT2D eigenvalue weighted by Gasteiger charge is -2.26. The Kier molecular flexibility index (Phi) is 2.98. The van der Waals surface area contributed by atoms with Crippen LogP contribution in [0.15, 0.2) is 18.2 Å². The van der Waals surface area contributed by atoms with Crippen LogP contribution in [0, 0.1) is 13.8 Å². The van der Waals surface area contributed by atoms with Crippen molar-refractivity contribution >= 4 is 0 Å². The van der Waals surface area contributed by atoms with E-state index in [-0.39, 0.29) is 0 Å². The van der Waals surface area contributed by atoms with E-state index in [0.717, 1.165) is 16.7 Å². The summed E-state index contributed by atoms with van der Waals surface area (Å²) in [7, 11) is 0. The van der Waals surface area contributed by atoms with Crippen molar-refractivity contribution in [1.29, 1.82) is 0 Å². The molecule has 0 spiro atoms. The molecule has 0 heterocycles. The number of hydrogen-bond donors (Lipinski definition) is 2. The molecule has 78 valence electrons. The van der Waals surface area contributed by atoms with Gasteiger partial charge in [0.25, 0.3) is 0 Å². The summed E-state index contributed by atoms with van der Waals surface area (Å²) >= 11 is 0. The zero-order valence-corrected chi connectivity index (χ0v) is 9.20. The molecule has 0 radical (unpaired) electrons. The molecule has 0 amide bonds. The van der Waals surface area contributed by atoms with Gasteiger partial charge in [0.2, 0.25) is 0 Å². The zero-order valence-electron chi connectivity index (χ0n) is 9.20. The van der Waals surface area contributed by atoms with E-state index in [2.05, 4.69) is 0 Å². The van der Waals surface area contributed by atoms with Crippen molar-refractivity contribution in [2.24, 2.45) is 0 Å². The molecule has 14 heavy (non-hydrogen) atoms. The first-order chi connectivity index (χ1) is 6.34. The van der Waals surface area contributed by atoms with Crippen molar-refractivity contribution in [2.75, 3.05) is 0 Å². The summed E-state index contributed by atoms with van der Waals surface area (Å²) in [5, 5.41) is 19.6. The van der Waals surface area contributed by atoms with Crippen molar-refractivity contribution in [3.05, 3.63) is 34.9 Å². The van der Waals surface area contributed by atoms with E-state index in [1.165, 1.54) is 0 Å². The lowest BCUT2D eigenvalue weighted by molar-refractivity contribution is -0.0500. The molecule has 0 fully saturated rings. The molecule has 1 atom stereocenters. The van der Waals surface area contributed by atoms with Gasteiger partial charge in [0, 0.05) is 0 Å². The van der Waals surface area contributed by atoms with Crippen LogP contribution in [0.5, 0.6) is 0 Å². The Bertz CT molecular complexity index is 324. The van der Waals surface area contributed by atoms with Crippen LogP contribution in [0.3, 0.4) is 0 Å². The fourth-order valence-corrected chi connectivity index (χ4v) is 1.45. The van der Waals surface area contributed by atoms with Crippen LogP contribution >= 0.6 is 0 Å². The smallest absolute Gasteiger partial charge is 0.107 e. The van der Waals surface area contributed by atoms with E-state index in [1.54, 1.807) is 13.8 Å². The van der Waals surface area contributed by atoms with Gasteiger partial charge in [0.1, 0.15) is 6.10 Å². The first-order valence-corrected chi connectivity index (χ1v) is 4.80. The number of aliphatic hydroxyl groups excluding tert-OH is 1. The second kappa shape index (κ2) is 3.71. The SMILES string of the molecule is Cc1cccc(C(O)C(C)(C)O)c1C. The number of hydrogen-bond acceptors (Lipinski definition) is 2. The molecule has 2 nitrogen and oxygen atoms in total. The Morgan fingerprint density at radius 2 is 1.79 bits per heavy atom. The van der Waals surface area contributed by atoms with Crippen molar-refractivity contribution in [2.45, 2.75) is 39.4 Å². The average Bonchev–Trinajstić information content (AvgIpc) is 2.07. The maximum atomic E-state index is 9.91. The third-order valence-corrected chi connectivity index (χ3v) is 2.61. The topological polar surface area (TPSA) is 40.5 Å². The van der Waals surface area contributed by atoms with Gasteiger partial charge in [-0.25, -0.2) is 0 Å². The minimum Gasteiger partial charge on any atom is -0.387 e. The van der Waals surface area contributed by atoms with Gasteiger partial charge in [0.05, 0.1) is 5.60 Å². The largest absolute Gasteiger partial charge is 0.387 e. The molecule has 0 saturated carbocycles. The minimum atomic E-state index is -1.10. The number of aryl methyl sites for hydroxylation is 1. The summed E-state index contributed by atoms with van der Waals surface area (Å²) in [6, 6.07) is 5.74. The van der Waals surface area contributed by atoms with Crippen LogP contribution in [0.1, 0.15) is 36.6 Å². The molecule has 1 aromatic rings. The maximum Gasteiger partial charge on any atom is 0.107 e. The summed E-state index contributed by atoms with van der Waals surface area (Å²) in [6.45, 7) is 7.18. The van der Waals surface area contributed by atoms with Gasteiger partial charge in [-0.3, -0.25) is 0 Å². The average molecular weight is 194 g/mol. The Labute approximate surface area is 85.2 Å². The highest BCUT2D eigenvalue weighted by atomic mass is 16.3.